The Morgan fingerprint density at radius 2 is 1.87 bits per heavy atom. The number of carbonyl (C=O) groups excluding carboxylic acids is 1. The minimum Gasteiger partial charge on any atom is -0.355 e. The Kier molecular flexibility index (Phi) is 9.09. The highest BCUT2D eigenvalue weighted by atomic mass is 127. The second kappa shape index (κ2) is 11.1. The average Bonchev–Trinajstić information content (AvgIpc) is 3.36. The molecule has 2 aromatic rings. The summed E-state index contributed by atoms with van der Waals surface area (Å²) < 4.78 is 0. The molecule has 3 rings (SSSR count). The molecule has 6 nitrogen and oxygen atoms in total. The summed E-state index contributed by atoms with van der Waals surface area (Å²) in [7, 11) is 5.44. The Balaban J connectivity index is 0.00000320. The van der Waals surface area contributed by atoms with Crippen LogP contribution in [0.3, 0.4) is 0 Å². The molecule has 0 radical (unpaired) electrons. The molecule has 1 aliphatic carbocycles. The highest BCUT2D eigenvalue weighted by Gasteiger charge is 2.42. The number of hydrogen-bond donors (Lipinski definition) is 2. The lowest BCUT2D eigenvalue weighted by atomic mass is 9.84. The first-order valence-corrected chi connectivity index (χ1v) is 10.9. The summed E-state index contributed by atoms with van der Waals surface area (Å²) in [6.45, 7) is 3.31. The van der Waals surface area contributed by atoms with Crippen LogP contribution in [0.5, 0.6) is 0 Å². The van der Waals surface area contributed by atoms with Crippen molar-refractivity contribution in [1.82, 2.24) is 20.5 Å². The van der Waals surface area contributed by atoms with Crippen molar-refractivity contribution in [1.29, 1.82) is 0 Å². The van der Waals surface area contributed by atoms with Gasteiger partial charge in [-0.1, -0.05) is 43.2 Å². The van der Waals surface area contributed by atoms with Crippen LogP contribution in [0.25, 0.3) is 10.6 Å². The van der Waals surface area contributed by atoms with Gasteiger partial charge in [-0.05, 0) is 19.8 Å². The number of rotatable bonds is 6. The van der Waals surface area contributed by atoms with Crippen LogP contribution in [0.2, 0.25) is 0 Å². The average molecular weight is 542 g/mol. The molecule has 0 unspecified atom stereocenters. The predicted octanol–water partition coefficient (Wildman–Crippen LogP) is 4.05. The van der Waals surface area contributed by atoms with E-state index in [0.717, 1.165) is 47.9 Å². The molecule has 1 aromatic heterocycles. The molecule has 1 aromatic carbocycles. The minimum atomic E-state index is -0.317. The summed E-state index contributed by atoms with van der Waals surface area (Å²) in [6, 6.07) is 10.2. The molecule has 0 spiro atoms. The Hall–Kier alpha value is -1.68. The van der Waals surface area contributed by atoms with Gasteiger partial charge < -0.3 is 15.5 Å². The summed E-state index contributed by atoms with van der Waals surface area (Å²) in [5.41, 5.74) is 1.86. The summed E-state index contributed by atoms with van der Waals surface area (Å²) in [6.07, 6.45) is 4.08. The molecule has 2 N–H and O–H groups in total. The van der Waals surface area contributed by atoms with Crippen molar-refractivity contribution in [2.45, 2.75) is 39.2 Å². The number of nitrogens with one attached hydrogen (secondary N) is 2. The van der Waals surface area contributed by atoms with Gasteiger partial charge in [0.25, 0.3) is 0 Å². The van der Waals surface area contributed by atoms with E-state index < -0.39 is 0 Å². The molecule has 8 heteroatoms. The molecular weight excluding hydrogens is 509 g/mol. The van der Waals surface area contributed by atoms with Gasteiger partial charge in [-0.15, -0.1) is 35.3 Å². The number of aliphatic imine (C=N–C) groups is 1. The minimum absolute atomic E-state index is 0. The van der Waals surface area contributed by atoms with E-state index in [0.29, 0.717) is 13.1 Å². The van der Waals surface area contributed by atoms with E-state index in [1.807, 2.05) is 39.2 Å². The zero-order valence-electron chi connectivity index (χ0n) is 18.2. The van der Waals surface area contributed by atoms with Crippen LogP contribution >= 0.6 is 35.3 Å². The zero-order chi connectivity index (χ0) is 20.9. The van der Waals surface area contributed by atoms with E-state index in [-0.39, 0.29) is 35.3 Å². The van der Waals surface area contributed by atoms with Crippen LogP contribution in [0, 0.1) is 12.3 Å². The van der Waals surface area contributed by atoms with Crippen LogP contribution in [-0.2, 0) is 11.3 Å². The standard InChI is InChI=1S/C22H31N5OS.HI/c1-16-18(29-19(26-16)17-10-6-5-7-11-17)14-24-21(23-2)25-15-22(12-8-9-13-22)20(28)27(3)4;/h5-7,10-11H,8-9,12-15H2,1-4H3,(H2,23,24,25);1H. The Morgan fingerprint density at radius 1 is 1.20 bits per heavy atom. The summed E-state index contributed by atoms with van der Waals surface area (Å²) in [4.78, 5) is 24.7. The first-order chi connectivity index (χ1) is 13.9. The van der Waals surface area contributed by atoms with Gasteiger partial charge in [-0.2, -0.15) is 0 Å². The third-order valence-corrected chi connectivity index (χ3v) is 6.77. The first kappa shape index (κ1) is 24.6. The van der Waals surface area contributed by atoms with E-state index in [1.165, 1.54) is 4.88 Å². The van der Waals surface area contributed by atoms with Gasteiger partial charge in [0.05, 0.1) is 17.7 Å². The number of hydrogen-bond acceptors (Lipinski definition) is 4. The van der Waals surface area contributed by atoms with E-state index in [2.05, 4.69) is 27.8 Å². The van der Waals surface area contributed by atoms with Crippen molar-refractivity contribution < 1.29 is 4.79 Å². The second-order valence-electron chi connectivity index (χ2n) is 7.86. The maximum absolute atomic E-state index is 12.7. The number of amides is 1. The highest BCUT2D eigenvalue weighted by Crippen LogP contribution is 2.38. The third-order valence-electron chi connectivity index (χ3n) is 5.57. The Bertz CT molecular complexity index is 860. The smallest absolute Gasteiger partial charge is 0.230 e. The summed E-state index contributed by atoms with van der Waals surface area (Å²) in [5, 5.41) is 7.81. The molecule has 1 aliphatic rings. The van der Waals surface area contributed by atoms with Crippen LogP contribution in [0.4, 0.5) is 0 Å². The molecule has 0 bridgehead atoms. The number of aryl methyl sites for hydroxylation is 1. The maximum Gasteiger partial charge on any atom is 0.230 e. The van der Waals surface area contributed by atoms with Gasteiger partial charge in [0.1, 0.15) is 5.01 Å². The van der Waals surface area contributed by atoms with Gasteiger partial charge >= 0.3 is 0 Å². The first-order valence-electron chi connectivity index (χ1n) is 10.1. The van der Waals surface area contributed by atoms with Crippen molar-refractivity contribution in [3.8, 4) is 10.6 Å². The van der Waals surface area contributed by atoms with Gasteiger partial charge in [0.15, 0.2) is 5.96 Å². The Labute approximate surface area is 200 Å². The highest BCUT2D eigenvalue weighted by molar-refractivity contribution is 14.0. The zero-order valence-corrected chi connectivity index (χ0v) is 21.3. The Morgan fingerprint density at radius 3 is 2.47 bits per heavy atom. The van der Waals surface area contributed by atoms with Crippen molar-refractivity contribution in [3.63, 3.8) is 0 Å². The number of benzene rings is 1. The summed E-state index contributed by atoms with van der Waals surface area (Å²) in [5.74, 6) is 0.931. The molecule has 0 atom stereocenters. The topological polar surface area (TPSA) is 69.6 Å². The van der Waals surface area contributed by atoms with Crippen molar-refractivity contribution in [2.24, 2.45) is 10.4 Å². The summed E-state index contributed by atoms with van der Waals surface area (Å²) >= 11 is 1.70. The van der Waals surface area contributed by atoms with E-state index in [9.17, 15) is 4.79 Å². The number of guanidine groups is 1. The molecule has 1 heterocycles. The number of carbonyl (C=O) groups is 1. The molecule has 1 amide bonds. The monoisotopic (exact) mass is 541 g/mol. The maximum atomic E-state index is 12.7. The van der Waals surface area contributed by atoms with Gasteiger partial charge in [-0.3, -0.25) is 9.79 Å². The van der Waals surface area contributed by atoms with Gasteiger partial charge in [0.2, 0.25) is 5.91 Å². The molecular formula is C22H32IN5OS. The van der Waals surface area contributed by atoms with Gasteiger partial charge in [0, 0.05) is 38.1 Å². The van der Waals surface area contributed by atoms with Crippen molar-refractivity contribution >= 4 is 47.2 Å². The lowest BCUT2D eigenvalue weighted by molar-refractivity contribution is -0.138. The number of thiazole rings is 1. The lowest BCUT2D eigenvalue weighted by Gasteiger charge is -2.31. The lowest BCUT2D eigenvalue weighted by Crippen LogP contribution is -2.49. The molecule has 0 aliphatic heterocycles. The van der Waals surface area contributed by atoms with E-state index in [1.54, 1.807) is 23.3 Å². The van der Waals surface area contributed by atoms with E-state index in [4.69, 9.17) is 4.98 Å². The molecule has 164 valence electrons. The second-order valence-corrected chi connectivity index (χ2v) is 8.94. The van der Waals surface area contributed by atoms with Crippen LogP contribution in [0.15, 0.2) is 35.3 Å². The van der Waals surface area contributed by atoms with Crippen molar-refractivity contribution in [3.05, 3.63) is 40.9 Å². The number of halogens is 1. The van der Waals surface area contributed by atoms with Crippen LogP contribution in [-0.4, -0.2) is 49.4 Å². The quantitative estimate of drug-likeness (QED) is 0.329. The molecule has 1 fully saturated rings. The largest absolute Gasteiger partial charge is 0.355 e. The predicted molar refractivity (Wildman–Crippen MR) is 135 cm³/mol. The normalized spacial score (nSPS) is 15.4. The van der Waals surface area contributed by atoms with Crippen molar-refractivity contribution in [2.75, 3.05) is 27.7 Å². The fourth-order valence-electron chi connectivity index (χ4n) is 3.93. The number of aromatic nitrogens is 1. The third kappa shape index (κ3) is 5.72. The SMILES string of the molecule is CN=C(NCc1sc(-c2ccccc2)nc1C)NCC1(C(=O)N(C)C)CCCC1.I. The van der Waals surface area contributed by atoms with Crippen LogP contribution < -0.4 is 10.6 Å². The fourth-order valence-corrected chi connectivity index (χ4v) is 4.93. The van der Waals surface area contributed by atoms with E-state index >= 15 is 0 Å². The van der Waals surface area contributed by atoms with Gasteiger partial charge in [-0.25, -0.2) is 4.98 Å². The molecule has 1 saturated carbocycles. The molecule has 0 saturated heterocycles. The molecule has 30 heavy (non-hydrogen) atoms. The van der Waals surface area contributed by atoms with Crippen LogP contribution in [0.1, 0.15) is 36.3 Å². The number of nitrogens with zero attached hydrogens (tertiary/aromatic N) is 3. The fraction of sp³-hybridized carbons (Fsp3) is 0.500.